The van der Waals surface area contributed by atoms with E-state index in [2.05, 4.69) is 20.0 Å². The Kier molecular flexibility index (Phi) is 7.12. The molecular weight excluding hydrogens is 456 g/mol. The molecule has 0 bridgehead atoms. The Balaban J connectivity index is 1.65. The molecule has 1 aromatic heterocycles. The fourth-order valence-corrected chi connectivity index (χ4v) is 5.38. The van der Waals surface area contributed by atoms with Gasteiger partial charge >= 0.3 is 0 Å². The molecule has 32 heavy (non-hydrogen) atoms. The van der Waals surface area contributed by atoms with Crippen LogP contribution < -0.4 is 10.0 Å². The Bertz CT molecular complexity index is 1180. The number of aromatic nitrogens is 2. The maximum atomic E-state index is 12.7. The summed E-state index contributed by atoms with van der Waals surface area (Å²) in [7, 11) is -4.57. The molecule has 1 amide bonds. The summed E-state index contributed by atoms with van der Waals surface area (Å²) in [5.74, 6) is -0.843. The van der Waals surface area contributed by atoms with E-state index in [0.29, 0.717) is 30.8 Å². The summed E-state index contributed by atoms with van der Waals surface area (Å²) in [6.45, 7) is 2.19. The molecule has 3 rings (SSSR count). The summed E-state index contributed by atoms with van der Waals surface area (Å²) in [5.41, 5.74) is 1.03. The molecule has 0 radical (unpaired) electrons. The zero-order valence-electron chi connectivity index (χ0n) is 18.0. The Hall–Kier alpha value is -2.61. The van der Waals surface area contributed by atoms with Gasteiger partial charge in [0.25, 0.3) is 20.2 Å². The summed E-state index contributed by atoms with van der Waals surface area (Å²) >= 11 is 0. The van der Waals surface area contributed by atoms with Crippen LogP contribution in [0.5, 0.6) is 0 Å². The number of anilines is 2. The zero-order chi connectivity index (χ0) is 23.5. The first-order valence-corrected chi connectivity index (χ1v) is 12.8. The van der Waals surface area contributed by atoms with Gasteiger partial charge in [-0.25, -0.2) is 23.1 Å². The fourth-order valence-electron chi connectivity index (χ4n) is 3.24. The number of aryl methyl sites for hydroxylation is 1. The van der Waals surface area contributed by atoms with Crippen molar-refractivity contribution in [2.45, 2.75) is 24.7 Å². The molecular formula is C19H26N6O5S2. The van der Waals surface area contributed by atoms with Crippen LogP contribution in [0.25, 0.3) is 0 Å². The van der Waals surface area contributed by atoms with Gasteiger partial charge in [0.15, 0.2) is 0 Å². The molecule has 13 heteroatoms. The van der Waals surface area contributed by atoms with Gasteiger partial charge in [-0.2, -0.15) is 17.0 Å². The molecule has 0 aliphatic carbocycles. The molecule has 174 valence electrons. The summed E-state index contributed by atoms with van der Waals surface area (Å²) in [6.07, 6.45) is 2.60. The standard InChI is InChI=1S/C19H26N6O5S2/c1-14-10-11-20-19(21-14)23-31(27,28)17-8-6-16(7-9-17)22-18(26)15-5-4-12-25(13-15)32(29,30)24(2)3/h6-11,15H,4-5,12-13H2,1-3H3,(H,22,26)(H,20,21,23)/t15-/m0/s1. The lowest BCUT2D eigenvalue weighted by atomic mass is 9.99. The fraction of sp³-hybridized carbons (Fsp3) is 0.421. The van der Waals surface area contributed by atoms with Crippen molar-refractivity contribution in [2.75, 3.05) is 37.2 Å². The molecule has 1 aromatic carbocycles. The van der Waals surface area contributed by atoms with E-state index in [1.807, 2.05) is 0 Å². The molecule has 2 aromatic rings. The molecule has 11 nitrogen and oxygen atoms in total. The van der Waals surface area contributed by atoms with Gasteiger partial charge in [0.05, 0.1) is 10.8 Å². The molecule has 2 N–H and O–H groups in total. The molecule has 1 fully saturated rings. The van der Waals surface area contributed by atoms with Crippen LogP contribution >= 0.6 is 0 Å². The molecule has 0 unspecified atom stereocenters. The average Bonchev–Trinajstić information content (AvgIpc) is 2.74. The first kappa shape index (κ1) is 24.0. The normalized spacial score (nSPS) is 17.8. The largest absolute Gasteiger partial charge is 0.326 e. The Morgan fingerprint density at radius 1 is 1.12 bits per heavy atom. The lowest BCUT2D eigenvalue weighted by Crippen LogP contribution is -2.47. The van der Waals surface area contributed by atoms with Gasteiger partial charge in [-0.3, -0.25) is 4.79 Å². The Labute approximate surface area is 188 Å². The van der Waals surface area contributed by atoms with Crippen LogP contribution in [0, 0.1) is 12.8 Å². The van der Waals surface area contributed by atoms with E-state index >= 15 is 0 Å². The third kappa shape index (κ3) is 5.59. The predicted octanol–water partition coefficient (Wildman–Crippen LogP) is 1.04. The monoisotopic (exact) mass is 482 g/mol. The smallest absolute Gasteiger partial charge is 0.281 e. The number of benzene rings is 1. The molecule has 1 atom stereocenters. The lowest BCUT2D eigenvalue weighted by molar-refractivity contribution is -0.120. The summed E-state index contributed by atoms with van der Waals surface area (Å²) < 4.78 is 54.5. The van der Waals surface area contributed by atoms with Crippen LogP contribution in [0.1, 0.15) is 18.5 Å². The number of carbonyl (C=O) groups excluding carboxylic acids is 1. The van der Waals surface area contributed by atoms with E-state index in [9.17, 15) is 21.6 Å². The van der Waals surface area contributed by atoms with Crippen LogP contribution in [0.2, 0.25) is 0 Å². The van der Waals surface area contributed by atoms with Crippen molar-refractivity contribution in [1.82, 2.24) is 18.6 Å². The second-order valence-electron chi connectivity index (χ2n) is 7.63. The number of nitrogens with one attached hydrogen (secondary N) is 2. The van der Waals surface area contributed by atoms with Crippen LogP contribution in [0.15, 0.2) is 41.4 Å². The quantitative estimate of drug-likeness (QED) is 0.600. The predicted molar refractivity (Wildman–Crippen MR) is 120 cm³/mol. The highest BCUT2D eigenvalue weighted by molar-refractivity contribution is 7.92. The van der Waals surface area contributed by atoms with Crippen molar-refractivity contribution in [3.63, 3.8) is 0 Å². The van der Waals surface area contributed by atoms with Crippen molar-refractivity contribution in [2.24, 2.45) is 5.92 Å². The molecule has 1 aliphatic rings. The third-order valence-electron chi connectivity index (χ3n) is 5.00. The van der Waals surface area contributed by atoms with E-state index in [1.54, 1.807) is 13.0 Å². The number of rotatable bonds is 7. The van der Waals surface area contributed by atoms with E-state index in [1.165, 1.54) is 48.9 Å². The second kappa shape index (κ2) is 9.48. The lowest BCUT2D eigenvalue weighted by Gasteiger charge is -2.32. The maximum absolute atomic E-state index is 12.7. The number of carbonyl (C=O) groups is 1. The number of amides is 1. The van der Waals surface area contributed by atoms with Crippen LogP contribution in [-0.4, -0.2) is 68.5 Å². The van der Waals surface area contributed by atoms with Crippen LogP contribution in [0.3, 0.4) is 0 Å². The first-order chi connectivity index (χ1) is 15.0. The minimum absolute atomic E-state index is 0.0125. The Morgan fingerprint density at radius 2 is 1.81 bits per heavy atom. The van der Waals surface area contributed by atoms with Gasteiger partial charge in [0.2, 0.25) is 11.9 Å². The highest BCUT2D eigenvalue weighted by atomic mass is 32.2. The topological polar surface area (TPSA) is 142 Å². The zero-order valence-corrected chi connectivity index (χ0v) is 19.6. The number of hydrogen-bond donors (Lipinski definition) is 2. The van der Waals surface area contributed by atoms with Crippen molar-refractivity contribution in [3.05, 3.63) is 42.2 Å². The molecule has 1 saturated heterocycles. The summed E-state index contributed by atoms with van der Waals surface area (Å²) in [4.78, 5) is 20.6. The minimum atomic E-state index is -3.89. The van der Waals surface area contributed by atoms with Gasteiger partial charge in [0.1, 0.15) is 0 Å². The molecule has 0 spiro atoms. The Morgan fingerprint density at radius 3 is 2.44 bits per heavy atom. The highest BCUT2D eigenvalue weighted by Crippen LogP contribution is 2.23. The van der Waals surface area contributed by atoms with Gasteiger partial charge in [-0.05, 0) is 50.1 Å². The molecule has 1 aliphatic heterocycles. The van der Waals surface area contributed by atoms with E-state index in [-0.39, 0.29) is 23.3 Å². The number of piperidine rings is 1. The summed E-state index contributed by atoms with van der Waals surface area (Å²) in [6, 6.07) is 7.31. The number of sulfonamides is 1. The molecule has 2 heterocycles. The van der Waals surface area contributed by atoms with Crippen LogP contribution in [-0.2, 0) is 25.0 Å². The van der Waals surface area contributed by atoms with Gasteiger partial charge in [-0.1, -0.05) is 0 Å². The first-order valence-electron chi connectivity index (χ1n) is 9.90. The summed E-state index contributed by atoms with van der Waals surface area (Å²) in [5, 5.41) is 2.73. The van der Waals surface area contributed by atoms with Gasteiger partial charge < -0.3 is 5.32 Å². The average molecular weight is 483 g/mol. The van der Waals surface area contributed by atoms with E-state index in [0.717, 1.165) is 4.31 Å². The number of hydrogen-bond acceptors (Lipinski definition) is 7. The van der Waals surface area contributed by atoms with E-state index < -0.39 is 26.2 Å². The van der Waals surface area contributed by atoms with Crippen molar-refractivity contribution in [3.8, 4) is 0 Å². The van der Waals surface area contributed by atoms with Gasteiger partial charge in [-0.15, -0.1) is 0 Å². The van der Waals surface area contributed by atoms with Crippen molar-refractivity contribution >= 4 is 37.8 Å². The van der Waals surface area contributed by atoms with Gasteiger partial charge in [0, 0.05) is 44.8 Å². The van der Waals surface area contributed by atoms with Crippen molar-refractivity contribution in [1.29, 1.82) is 0 Å². The number of nitrogens with zero attached hydrogens (tertiary/aromatic N) is 4. The maximum Gasteiger partial charge on any atom is 0.281 e. The SMILES string of the molecule is Cc1ccnc(NS(=O)(=O)c2ccc(NC(=O)[C@H]3CCCN(S(=O)(=O)N(C)C)C3)cc2)n1. The third-order valence-corrected chi connectivity index (χ3v) is 8.25. The molecule has 0 saturated carbocycles. The second-order valence-corrected chi connectivity index (χ2v) is 11.5. The van der Waals surface area contributed by atoms with Crippen LogP contribution in [0.4, 0.5) is 11.6 Å². The van der Waals surface area contributed by atoms with E-state index in [4.69, 9.17) is 0 Å². The van der Waals surface area contributed by atoms with Crippen molar-refractivity contribution < 1.29 is 21.6 Å². The minimum Gasteiger partial charge on any atom is -0.326 e. The highest BCUT2D eigenvalue weighted by Gasteiger charge is 2.33.